The molecule has 2 nitrogen and oxygen atoms in total. The molecule has 1 N–H and O–H groups in total. The van der Waals surface area contributed by atoms with Crippen LogP contribution < -0.4 is 10.1 Å². The van der Waals surface area contributed by atoms with Crippen LogP contribution in [0.4, 0.5) is 0 Å². The predicted molar refractivity (Wildman–Crippen MR) is 67.2 cm³/mol. The predicted octanol–water partition coefficient (Wildman–Crippen LogP) is 2.74. The maximum atomic E-state index is 6.01. The Balaban J connectivity index is 2.09. The van der Waals surface area contributed by atoms with Crippen molar-refractivity contribution in [3.05, 3.63) is 28.8 Å². The average molecular weight is 219 g/mol. The van der Waals surface area contributed by atoms with E-state index in [1.807, 2.05) is 0 Å². The molecule has 0 saturated carbocycles. The van der Waals surface area contributed by atoms with Gasteiger partial charge in [-0.1, -0.05) is 0 Å². The second-order valence-corrected chi connectivity index (χ2v) is 4.77. The SMILES string of the molecule is Cc1cc(OC2CCCNC2)cc(C)c1C. The molecule has 0 amide bonds. The van der Waals surface area contributed by atoms with Gasteiger partial charge in [-0.15, -0.1) is 0 Å². The fourth-order valence-corrected chi connectivity index (χ4v) is 2.18. The number of aryl methyl sites for hydroxylation is 2. The van der Waals surface area contributed by atoms with Gasteiger partial charge in [-0.3, -0.25) is 0 Å². The minimum Gasteiger partial charge on any atom is -0.489 e. The van der Waals surface area contributed by atoms with Gasteiger partial charge in [-0.05, 0) is 69.0 Å². The van der Waals surface area contributed by atoms with Crippen LogP contribution >= 0.6 is 0 Å². The maximum Gasteiger partial charge on any atom is 0.120 e. The number of hydrogen-bond acceptors (Lipinski definition) is 2. The smallest absolute Gasteiger partial charge is 0.120 e. The highest BCUT2D eigenvalue weighted by Crippen LogP contribution is 2.23. The largest absolute Gasteiger partial charge is 0.489 e. The molecule has 0 radical (unpaired) electrons. The van der Waals surface area contributed by atoms with Gasteiger partial charge in [0, 0.05) is 6.54 Å². The number of nitrogens with one attached hydrogen (secondary N) is 1. The zero-order chi connectivity index (χ0) is 11.5. The minimum atomic E-state index is 0.343. The molecule has 1 saturated heterocycles. The fourth-order valence-electron chi connectivity index (χ4n) is 2.18. The molecule has 88 valence electrons. The summed E-state index contributed by atoms with van der Waals surface area (Å²) >= 11 is 0. The van der Waals surface area contributed by atoms with Crippen LogP contribution in [-0.2, 0) is 0 Å². The van der Waals surface area contributed by atoms with Gasteiger partial charge < -0.3 is 10.1 Å². The van der Waals surface area contributed by atoms with E-state index < -0.39 is 0 Å². The molecule has 0 spiro atoms. The van der Waals surface area contributed by atoms with Crippen molar-refractivity contribution in [2.24, 2.45) is 0 Å². The molecule has 0 aliphatic carbocycles. The summed E-state index contributed by atoms with van der Waals surface area (Å²) in [5.41, 5.74) is 4.01. The normalized spacial score (nSPS) is 20.8. The Bertz CT molecular complexity index is 344. The van der Waals surface area contributed by atoms with Crippen molar-refractivity contribution >= 4 is 0 Å². The van der Waals surface area contributed by atoms with E-state index in [-0.39, 0.29) is 0 Å². The van der Waals surface area contributed by atoms with Crippen molar-refractivity contribution in [1.82, 2.24) is 5.32 Å². The van der Waals surface area contributed by atoms with Gasteiger partial charge >= 0.3 is 0 Å². The molecular weight excluding hydrogens is 198 g/mol. The summed E-state index contributed by atoms with van der Waals surface area (Å²) in [6.45, 7) is 8.57. The summed E-state index contributed by atoms with van der Waals surface area (Å²) < 4.78 is 6.01. The number of ether oxygens (including phenoxy) is 1. The Morgan fingerprint density at radius 2 is 1.88 bits per heavy atom. The van der Waals surface area contributed by atoms with Gasteiger partial charge in [0.1, 0.15) is 11.9 Å². The molecule has 16 heavy (non-hydrogen) atoms. The molecule has 1 atom stereocenters. The molecule has 2 rings (SSSR count). The number of hydrogen-bond donors (Lipinski definition) is 1. The first kappa shape index (κ1) is 11.5. The lowest BCUT2D eigenvalue weighted by atomic mass is 10.0. The van der Waals surface area contributed by atoms with E-state index in [0.717, 1.165) is 18.8 Å². The van der Waals surface area contributed by atoms with Crippen molar-refractivity contribution < 1.29 is 4.74 Å². The summed E-state index contributed by atoms with van der Waals surface area (Å²) in [5, 5.41) is 3.37. The molecule has 2 heteroatoms. The van der Waals surface area contributed by atoms with Gasteiger partial charge in [0.2, 0.25) is 0 Å². The van der Waals surface area contributed by atoms with Crippen LogP contribution in [0.1, 0.15) is 29.5 Å². The zero-order valence-corrected chi connectivity index (χ0v) is 10.5. The topological polar surface area (TPSA) is 21.3 Å². The van der Waals surface area contributed by atoms with Crippen molar-refractivity contribution in [2.45, 2.75) is 39.7 Å². The highest BCUT2D eigenvalue weighted by atomic mass is 16.5. The molecular formula is C14H21NO. The van der Waals surface area contributed by atoms with E-state index in [9.17, 15) is 0 Å². The molecule has 1 aromatic carbocycles. The van der Waals surface area contributed by atoms with E-state index >= 15 is 0 Å². The molecule has 1 heterocycles. The van der Waals surface area contributed by atoms with Crippen molar-refractivity contribution in [2.75, 3.05) is 13.1 Å². The highest BCUT2D eigenvalue weighted by molar-refractivity contribution is 5.40. The standard InChI is InChI=1S/C14H21NO/c1-10-7-14(8-11(2)12(10)3)16-13-5-4-6-15-9-13/h7-8,13,15H,4-6,9H2,1-3H3. The van der Waals surface area contributed by atoms with Crippen LogP contribution in [0.25, 0.3) is 0 Å². The highest BCUT2D eigenvalue weighted by Gasteiger charge is 2.14. The van der Waals surface area contributed by atoms with E-state index in [1.165, 1.54) is 29.5 Å². The molecule has 1 unspecified atom stereocenters. The minimum absolute atomic E-state index is 0.343. The van der Waals surface area contributed by atoms with Crippen molar-refractivity contribution in [3.8, 4) is 5.75 Å². The van der Waals surface area contributed by atoms with Gasteiger partial charge in [-0.2, -0.15) is 0 Å². The van der Waals surface area contributed by atoms with E-state index in [0.29, 0.717) is 6.10 Å². The average Bonchev–Trinajstić information content (AvgIpc) is 2.27. The zero-order valence-electron chi connectivity index (χ0n) is 10.5. The summed E-state index contributed by atoms with van der Waals surface area (Å²) in [7, 11) is 0. The third-order valence-electron chi connectivity index (χ3n) is 3.45. The first-order valence-corrected chi connectivity index (χ1v) is 6.12. The van der Waals surface area contributed by atoms with E-state index in [2.05, 4.69) is 38.2 Å². The number of piperidine rings is 1. The van der Waals surface area contributed by atoms with Crippen molar-refractivity contribution in [3.63, 3.8) is 0 Å². The third-order valence-corrected chi connectivity index (χ3v) is 3.45. The first-order chi connectivity index (χ1) is 7.66. The van der Waals surface area contributed by atoms with E-state index in [1.54, 1.807) is 0 Å². The third kappa shape index (κ3) is 2.56. The Kier molecular flexibility index (Phi) is 3.49. The fraction of sp³-hybridized carbons (Fsp3) is 0.571. The van der Waals surface area contributed by atoms with Crippen LogP contribution in [0.3, 0.4) is 0 Å². The Labute approximate surface area is 98.0 Å². The second kappa shape index (κ2) is 4.88. The van der Waals surface area contributed by atoms with Crippen LogP contribution in [0.2, 0.25) is 0 Å². The monoisotopic (exact) mass is 219 g/mol. The van der Waals surface area contributed by atoms with Crippen molar-refractivity contribution in [1.29, 1.82) is 0 Å². The van der Waals surface area contributed by atoms with Crippen LogP contribution in [-0.4, -0.2) is 19.2 Å². The number of rotatable bonds is 2. The lowest BCUT2D eigenvalue weighted by Gasteiger charge is -2.24. The summed E-state index contributed by atoms with van der Waals surface area (Å²) in [6, 6.07) is 4.30. The summed E-state index contributed by atoms with van der Waals surface area (Å²) in [6.07, 6.45) is 2.73. The quantitative estimate of drug-likeness (QED) is 0.826. The molecule has 0 aromatic heterocycles. The molecule has 1 aromatic rings. The summed E-state index contributed by atoms with van der Waals surface area (Å²) in [4.78, 5) is 0. The molecule has 1 aliphatic heterocycles. The Morgan fingerprint density at radius 3 is 2.44 bits per heavy atom. The van der Waals surface area contributed by atoms with Crippen LogP contribution in [0, 0.1) is 20.8 Å². The summed E-state index contributed by atoms with van der Waals surface area (Å²) in [5.74, 6) is 1.02. The maximum absolute atomic E-state index is 6.01. The van der Waals surface area contributed by atoms with Gasteiger partial charge in [0.25, 0.3) is 0 Å². The number of benzene rings is 1. The van der Waals surface area contributed by atoms with Crippen LogP contribution in [0.5, 0.6) is 5.75 Å². The second-order valence-electron chi connectivity index (χ2n) is 4.77. The Hall–Kier alpha value is -1.02. The Morgan fingerprint density at radius 1 is 1.19 bits per heavy atom. The van der Waals surface area contributed by atoms with Gasteiger partial charge in [0.15, 0.2) is 0 Å². The van der Waals surface area contributed by atoms with E-state index in [4.69, 9.17) is 4.74 Å². The lowest BCUT2D eigenvalue weighted by molar-refractivity contribution is 0.167. The lowest BCUT2D eigenvalue weighted by Crippen LogP contribution is -2.37. The molecule has 0 bridgehead atoms. The first-order valence-electron chi connectivity index (χ1n) is 6.12. The van der Waals surface area contributed by atoms with Gasteiger partial charge in [0.05, 0.1) is 0 Å². The molecule has 1 aliphatic rings. The molecule has 1 fully saturated rings. The van der Waals surface area contributed by atoms with Gasteiger partial charge in [-0.25, -0.2) is 0 Å². The van der Waals surface area contributed by atoms with Crippen LogP contribution in [0.15, 0.2) is 12.1 Å².